The lowest BCUT2D eigenvalue weighted by molar-refractivity contribution is 0.370. The van der Waals surface area contributed by atoms with Gasteiger partial charge in [-0.05, 0) is 47.7 Å². The molecular weight excluding hydrogens is 376 g/mol. The zero-order valence-electron chi connectivity index (χ0n) is 18.0. The van der Waals surface area contributed by atoms with E-state index >= 15 is 0 Å². The molecule has 2 N–H and O–H groups in total. The summed E-state index contributed by atoms with van der Waals surface area (Å²) in [6, 6.07) is 13.7. The number of thioether (sulfide) groups is 1. The lowest BCUT2D eigenvalue weighted by Gasteiger charge is -2.43. The van der Waals surface area contributed by atoms with Gasteiger partial charge in [0.15, 0.2) is 0 Å². The summed E-state index contributed by atoms with van der Waals surface area (Å²) >= 11 is 1.85. The number of unbranched alkanes of at least 4 members (excludes halogenated alkanes) is 7. The molecule has 2 aromatic carbocycles. The molecule has 2 unspecified atom stereocenters. The maximum absolute atomic E-state index is 9.95. The van der Waals surface area contributed by atoms with Crippen molar-refractivity contribution in [2.45, 2.75) is 87.9 Å². The van der Waals surface area contributed by atoms with Gasteiger partial charge in [-0.3, -0.25) is 0 Å². The third kappa shape index (κ3) is 5.51. The summed E-state index contributed by atoms with van der Waals surface area (Å²) in [6.07, 6.45) is 11.9. The molecule has 3 heteroatoms. The third-order valence-electron chi connectivity index (χ3n) is 6.54. The Bertz CT molecular complexity index is 771. The summed E-state index contributed by atoms with van der Waals surface area (Å²) in [6.45, 7) is 4.64. The van der Waals surface area contributed by atoms with E-state index in [1.165, 1.54) is 73.8 Å². The molecule has 0 aromatic heterocycles. The molecule has 158 valence electrons. The highest BCUT2D eigenvalue weighted by molar-refractivity contribution is 7.99. The highest BCUT2D eigenvalue weighted by Gasteiger charge is 2.41. The topological polar surface area (TPSA) is 40.5 Å². The fraction of sp³-hybridized carbons (Fsp3) is 0.538. The minimum absolute atomic E-state index is 0.0312. The third-order valence-corrected chi connectivity index (χ3v) is 7.95. The molecule has 0 saturated carbocycles. The standard InChI is InChI=1S/C26H36O2S/c1-3-4-5-6-7-8-9-10-11-24-23-17-16-22(28)18-25(23)29-19-26(24,2)20-12-14-21(27)15-13-20/h12-18,24,27-28H,3-11,19H2,1-2H3. The van der Waals surface area contributed by atoms with E-state index in [9.17, 15) is 10.2 Å². The lowest BCUT2D eigenvalue weighted by Crippen LogP contribution is -2.36. The first-order chi connectivity index (χ1) is 14.0. The number of aromatic hydroxyl groups is 2. The van der Waals surface area contributed by atoms with Crippen LogP contribution in [0, 0.1) is 0 Å². The van der Waals surface area contributed by atoms with Gasteiger partial charge >= 0.3 is 0 Å². The van der Waals surface area contributed by atoms with Crippen molar-refractivity contribution in [3.05, 3.63) is 53.6 Å². The highest BCUT2D eigenvalue weighted by atomic mass is 32.2. The Balaban J connectivity index is 1.71. The van der Waals surface area contributed by atoms with Crippen molar-refractivity contribution in [1.29, 1.82) is 0 Å². The monoisotopic (exact) mass is 412 g/mol. The first-order valence-electron chi connectivity index (χ1n) is 11.3. The highest BCUT2D eigenvalue weighted by Crippen LogP contribution is 2.52. The summed E-state index contributed by atoms with van der Waals surface area (Å²) < 4.78 is 0. The van der Waals surface area contributed by atoms with Gasteiger partial charge in [-0.1, -0.05) is 83.4 Å². The minimum atomic E-state index is 0.0312. The Hall–Kier alpha value is -1.61. The van der Waals surface area contributed by atoms with Crippen molar-refractivity contribution in [3.8, 4) is 11.5 Å². The number of phenols is 2. The van der Waals surface area contributed by atoms with Crippen LogP contribution in [0.15, 0.2) is 47.4 Å². The number of phenolic OH excluding ortho intramolecular Hbond substituents is 2. The van der Waals surface area contributed by atoms with E-state index in [2.05, 4.69) is 32.0 Å². The number of hydrogen-bond donors (Lipinski definition) is 2. The largest absolute Gasteiger partial charge is 0.508 e. The quantitative estimate of drug-likeness (QED) is 0.391. The fourth-order valence-corrected chi connectivity index (χ4v) is 6.09. The Labute approximate surface area is 180 Å². The number of benzene rings is 2. The van der Waals surface area contributed by atoms with Crippen LogP contribution in [-0.2, 0) is 5.41 Å². The molecular formula is C26H36O2S. The summed E-state index contributed by atoms with van der Waals surface area (Å²) in [7, 11) is 0. The van der Waals surface area contributed by atoms with E-state index in [0.717, 1.165) is 5.75 Å². The second-order valence-electron chi connectivity index (χ2n) is 8.79. The smallest absolute Gasteiger partial charge is 0.116 e. The van der Waals surface area contributed by atoms with Crippen LogP contribution in [0.4, 0.5) is 0 Å². The average molecular weight is 413 g/mol. The second kappa shape index (κ2) is 10.4. The van der Waals surface area contributed by atoms with Crippen LogP contribution in [0.3, 0.4) is 0 Å². The Morgan fingerprint density at radius 3 is 2.17 bits per heavy atom. The molecule has 0 amide bonds. The first-order valence-corrected chi connectivity index (χ1v) is 12.3. The zero-order valence-corrected chi connectivity index (χ0v) is 18.8. The molecule has 0 radical (unpaired) electrons. The molecule has 0 spiro atoms. The van der Waals surface area contributed by atoms with Crippen molar-refractivity contribution in [3.63, 3.8) is 0 Å². The van der Waals surface area contributed by atoms with Gasteiger partial charge < -0.3 is 10.2 Å². The van der Waals surface area contributed by atoms with E-state index in [1.807, 2.05) is 36.0 Å². The first kappa shape index (κ1) is 22.1. The molecule has 0 fully saturated rings. The molecule has 0 aliphatic carbocycles. The molecule has 1 aliphatic heterocycles. The maximum atomic E-state index is 9.95. The van der Waals surface area contributed by atoms with Crippen LogP contribution < -0.4 is 0 Å². The maximum Gasteiger partial charge on any atom is 0.116 e. The van der Waals surface area contributed by atoms with Crippen LogP contribution in [0.1, 0.15) is 88.7 Å². The number of hydrogen-bond acceptors (Lipinski definition) is 3. The molecule has 1 aliphatic rings. The molecule has 0 bridgehead atoms. The average Bonchev–Trinajstić information content (AvgIpc) is 2.72. The van der Waals surface area contributed by atoms with E-state index < -0.39 is 0 Å². The summed E-state index contributed by atoms with van der Waals surface area (Å²) in [5.41, 5.74) is 2.70. The van der Waals surface area contributed by atoms with Crippen molar-refractivity contribution < 1.29 is 10.2 Å². The van der Waals surface area contributed by atoms with Gasteiger partial charge in [0.1, 0.15) is 11.5 Å². The molecule has 2 nitrogen and oxygen atoms in total. The van der Waals surface area contributed by atoms with Gasteiger partial charge in [-0.25, -0.2) is 0 Å². The van der Waals surface area contributed by atoms with Crippen molar-refractivity contribution in [2.24, 2.45) is 0 Å². The number of rotatable bonds is 10. The summed E-state index contributed by atoms with van der Waals surface area (Å²) in [4.78, 5) is 1.23. The fourth-order valence-electron chi connectivity index (χ4n) is 4.69. The van der Waals surface area contributed by atoms with Gasteiger partial charge in [0.05, 0.1) is 0 Å². The Kier molecular flexibility index (Phi) is 7.94. The summed E-state index contributed by atoms with van der Waals surface area (Å²) in [5.74, 6) is 2.11. The van der Waals surface area contributed by atoms with Gasteiger partial charge in [-0.2, -0.15) is 0 Å². The molecule has 2 atom stereocenters. The van der Waals surface area contributed by atoms with E-state index in [-0.39, 0.29) is 5.41 Å². The van der Waals surface area contributed by atoms with Crippen molar-refractivity contribution in [2.75, 3.05) is 5.75 Å². The molecule has 1 heterocycles. The van der Waals surface area contributed by atoms with Gasteiger partial charge in [-0.15, -0.1) is 11.8 Å². The predicted molar refractivity (Wildman–Crippen MR) is 124 cm³/mol. The van der Waals surface area contributed by atoms with Gasteiger partial charge in [0, 0.05) is 16.1 Å². The normalized spacial score (nSPS) is 21.1. The lowest BCUT2D eigenvalue weighted by atomic mass is 9.68. The predicted octanol–water partition coefficient (Wildman–Crippen LogP) is 7.78. The second-order valence-corrected chi connectivity index (χ2v) is 9.81. The summed E-state index contributed by atoms with van der Waals surface area (Å²) in [5, 5.41) is 19.7. The van der Waals surface area contributed by atoms with E-state index in [1.54, 1.807) is 0 Å². The Morgan fingerprint density at radius 2 is 1.48 bits per heavy atom. The van der Waals surface area contributed by atoms with Crippen LogP contribution in [0.25, 0.3) is 0 Å². The van der Waals surface area contributed by atoms with E-state index in [0.29, 0.717) is 17.4 Å². The van der Waals surface area contributed by atoms with Crippen LogP contribution in [0.5, 0.6) is 11.5 Å². The minimum Gasteiger partial charge on any atom is -0.508 e. The number of fused-ring (bicyclic) bond motifs is 1. The van der Waals surface area contributed by atoms with E-state index in [4.69, 9.17) is 0 Å². The van der Waals surface area contributed by atoms with Crippen LogP contribution in [-0.4, -0.2) is 16.0 Å². The molecule has 29 heavy (non-hydrogen) atoms. The van der Waals surface area contributed by atoms with Gasteiger partial charge in [0.25, 0.3) is 0 Å². The van der Waals surface area contributed by atoms with Crippen LogP contribution in [0.2, 0.25) is 0 Å². The molecule has 0 saturated heterocycles. The zero-order chi connectivity index (χ0) is 20.7. The molecule has 3 rings (SSSR count). The van der Waals surface area contributed by atoms with Crippen molar-refractivity contribution >= 4 is 11.8 Å². The molecule has 2 aromatic rings. The van der Waals surface area contributed by atoms with Gasteiger partial charge in [0.2, 0.25) is 0 Å². The Morgan fingerprint density at radius 1 is 0.862 bits per heavy atom. The van der Waals surface area contributed by atoms with Crippen LogP contribution >= 0.6 is 11.8 Å². The van der Waals surface area contributed by atoms with Crippen molar-refractivity contribution in [1.82, 2.24) is 0 Å². The SMILES string of the molecule is CCCCCCCCCCC1c2ccc(O)cc2SCC1(C)c1ccc(O)cc1.